The second-order valence-electron chi connectivity index (χ2n) is 11.7. The number of rotatable bonds is 4. The molecule has 1 aliphatic rings. The smallest absolute Gasteiger partial charge is 0.0541 e. The zero-order valence-corrected chi connectivity index (χ0v) is 24.2. The van der Waals surface area contributed by atoms with Crippen LogP contribution in [0.2, 0.25) is 0 Å². The van der Waals surface area contributed by atoms with E-state index in [0.29, 0.717) is 0 Å². The van der Waals surface area contributed by atoms with Crippen LogP contribution in [0.15, 0.2) is 170 Å². The van der Waals surface area contributed by atoms with E-state index in [1.807, 2.05) is 0 Å². The average Bonchev–Trinajstić information content (AvgIpc) is 3.61. The number of fused-ring (bicyclic) bond motifs is 6. The lowest BCUT2D eigenvalue weighted by Crippen LogP contribution is -1.98. The highest BCUT2D eigenvalue weighted by atomic mass is 15.0. The maximum Gasteiger partial charge on any atom is 0.0541 e. The van der Waals surface area contributed by atoms with E-state index in [-0.39, 0.29) is 5.92 Å². The summed E-state index contributed by atoms with van der Waals surface area (Å²) in [6, 6.07) is 62.1. The minimum atomic E-state index is 0.269. The van der Waals surface area contributed by atoms with Crippen LogP contribution in [0.3, 0.4) is 0 Å². The van der Waals surface area contributed by atoms with Gasteiger partial charge < -0.3 is 4.57 Å². The molecule has 8 aromatic rings. The van der Waals surface area contributed by atoms with Crippen molar-refractivity contribution < 1.29 is 0 Å². The van der Waals surface area contributed by atoms with Gasteiger partial charge >= 0.3 is 0 Å². The van der Waals surface area contributed by atoms with E-state index < -0.39 is 0 Å². The fourth-order valence-corrected chi connectivity index (χ4v) is 7.25. The van der Waals surface area contributed by atoms with Crippen LogP contribution < -0.4 is 0 Å². The highest BCUT2D eigenvalue weighted by molar-refractivity contribution is 6.10. The van der Waals surface area contributed by atoms with Crippen molar-refractivity contribution in [2.75, 3.05) is 0 Å². The van der Waals surface area contributed by atoms with Crippen molar-refractivity contribution in [3.05, 3.63) is 187 Å². The largest absolute Gasteiger partial charge is 0.309 e. The Balaban J connectivity index is 1.17. The van der Waals surface area contributed by atoms with Gasteiger partial charge in [0, 0.05) is 22.4 Å². The minimum absolute atomic E-state index is 0.269. The van der Waals surface area contributed by atoms with Crippen LogP contribution in [0.4, 0.5) is 0 Å². The van der Waals surface area contributed by atoms with Crippen LogP contribution in [-0.4, -0.2) is 4.57 Å². The van der Waals surface area contributed by atoms with Crippen LogP contribution in [0, 0.1) is 0 Å². The van der Waals surface area contributed by atoms with Crippen molar-refractivity contribution >= 4 is 21.8 Å². The second kappa shape index (κ2) is 9.97. The lowest BCUT2D eigenvalue weighted by molar-refractivity contribution is 1.02. The van der Waals surface area contributed by atoms with Crippen molar-refractivity contribution in [3.63, 3.8) is 0 Å². The molecule has 0 radical (unpaired) electrons. The summed E-state index contributed by atoms with van der Waals surface area (Å²) in [6.45, 7) is 0. The van der Waals surface area contributed by atoms with Gasteiger partial charge in [0.2, 0.25) is 0 Å². The van der Waals surface area contributed by atoms with Crippen LogP contribution >= 0.6 is 0 Å². The molecule has 44 heavy (non-hydrogen) atoms. The fourth-order valence-electron chi connectivity index (χ4n) is 7.25. The lowest BCUT2D eigenvalue weighted by atomic mass is 9.89. The summed E-state index contributed by atoms with van der Waals surface area (Å²) in [5.74, 6) is 0.269. The Bertz CT molecular complexity index is 2310. The zero-order valence-electron chi connectivity index (χ0n) is 24.2. The van der Waals surface area contributed by atoms with Gasteiger partial charge in [-0.2, -0.15) is 0 Å². The summed E-state index contributed by atoms with van der Waals surface area (Å²) in [6.07, 6.45) is 0. The molecule has 1 atom stereocenters. The number of hydrogen-bond acceptors (Lipinski definition) is 0. The van der Waals surface area contributed by atoms with E-state index >= 15 is 0 Å². The Kier molecular flexibility index (Phi) is 5.64. The van der Waals surface area contributed by atoms with Crippen molar-refractivity contribution in [2.45, 2.75) is 5.92 Å². The van der Waals surface area contributed by atoms with Crippen LogP contribution in [-0.2, 0) is 0 Å². The van der Waals surface area contributed by atoms with Crippen LogP contribution in [0.25, 0.3) is 60.9 Å². The lowest BCUT2D eigenvalue weighted by Gasteiger charge is -2.14. The first-order valence-electron chi connectivity index (χ1n) is 15.3. The van der Waals surface area contributed by atoms with Crippen LogP contribution in [0.1, 0.15) is 22.6 Å². The molecule has 1 nitrogen and oxygen atoms in total. The minimum Gasteiger partial charge on any atom is -0.309 e. The molecule has 9 rings (SSSR count). The molecule has 0 N–H and O–H groups in total. The molecular weight excluding hydrogens is 530 g/mol. The first kappa shape index (κ1) is 24.9. The third-order valence-electron chi connectivity index (χ3n) is 9.30. The van der Waals surface area contributed by atoms with Gasteiger partial charge in [-0.25, -0.2) is 0 Å². The van der Waals surface area contributed by atoms with E-state index in [1.54, 1.807) is 0 Å². The highest BCUT2D eigenvalue weighted by Gasteiger charge is 2.29. The molecule has 0 saturated carbocycles. The van der Waals surface area contributed by atoms with E-state index in [0.717, 1.165) is 0 Å². The third-order valence-corrected chi connectivity index (χ3v) is 9.30. The summed E-state index contributed by atoms with van der Waals surface area (Å²) in [5, 5.41) is 2.54. The number of nitrogens with zero attached hydrogens (tertiary/aromatic N) is 1. The molecule has 7 aromatic carbocycles. The summed E-state index contributed by atoms with van der Waals surface area (Å²) in [5.41, 5.74) is 15.4. The SMILES string of the molecule is c1ccc(-c2ccc(-n3c4ccccc4c4cc(-c5ccc6c(c5)-c5ccccc5C6c5ccccc5)ccc43)cc2)cc1. The standard InChI is InChI=1S/C43H29N/c1-3-11-29(12-4-1)30-19-23-34(24-20-30)44-41-18-10-9-16-36(41)40-28-33(22-26-42(40)44)32-21-25-38-39(27-32)35-15-7-8-17-37(35)43(38)31-13-5-2-6-14-31/h1-28,43H. The fraction of sp³-hybridized carbons (Fsp3) is 0.0233. The Labute approximate surface area is 257 Å². The predicted molar refractivity (Wildman–Crippen MR) is 184 cm³/mol. The predicted octanol–water partition coefficient (Wildman–Crippen LogP) is 11.3. The molecule has 1 aromatic heterocycles. The monoisotopic (exact) mass is 559 g/mol. The number of benzene rings is 7. The van der Waals surface area contributed by atoms with Gasteiger partial charge in [0.25, 0.3) is 0 Å². The Morgan fingerprint density at radius 3 is 1.80 bits per heavy atom. The van der Waals surface area contributed by atoms with E-state index in [2.05, 4.69) is 174 Å². The number of para-hydroxylation sites is 1. The maximum atomic E-state index is 2.40. The summed E-state index contributed by atoms with van der Waals surface area (Å²) in [7, 11) is 0. The van der Waals surface area contributed by atoms with Gasteiger partial charge in [-0.1, -0.05) is 133 Å². The quantitative estimate of drug-likeness (QED) is 0.202. The molecule has 206 valence electrons. The van der Waals surface area contributed by atoms with Gasteiger partial charge in [-0.3, -0.25) is 0 Å². The summed E-state index contributed by atoms with van der Waals surface area (Å²) in [4.78, 5) is 0. The molecule has 0 fully saturated rings. The molecule has 0 saturated heterocycles. The average molecular weight is 560 g/mol. The number of hydrogen-bond donors (Lipinski definition) is 0. The van der Waals surface area contributed by atoms with Gasteiger partial charge in [-0.05, 0) is 86.5 Å². The maximum absolute atomic E-state index is 2.40. The van der Waals surface area contributed by atoms with Gasteiger partial charge in [0.1, 0.15) is 0 Å². The van der Waals surface area contributed by atoms with Gasteiger partial charge in [-0.15, -0.1) is 0 Å². The second-order valence-corrected chi connectivity index (χ2v) is 11.7. The molecule has 1 heteroatoms. The molecule has 0 aliphatic heterocycles. The number of aromatic nitrogens is 1. The topological polar surface area (TPSA) is 4.93 Å². The molecular formula is C43H29N. The first-order valence-corrected chi connectivity index (χ1v) is 15.3. The van der Waals surface area contributed by atoms with E-state index in [4.69, 9.17) is 0 Å². The Morgan fingerprint density at radius 1 is 0.364 bits per heavy atom. The Morgan fingerprint density at radius 2 is 0.955 bits per heavy atom. The normalized spacial score (nSPS) is 13.7. The Hall–Kier alpha value is -5.66. The zero-order chi connectivity index (χ0) is 29.0. The highest BCUT2D eigenvalue weighted by Crippen LogP contribution is 2.49. The van der Waals surface area contributed by atoms with Crippen molar-refractivity contribution in [1.82, 2.24) is 4.57 Å². The van der Waals surface area contributed by atoms with Crippen molar-refractivity contribution in [2.24, 2.45) is 0 Å². The molecule has 1 heterocycles. The van der Waals surface area contributed by atoms with E-state index in [1.165, 1.54) is 77.6 Å². The first-order chi connectivity index (χ1) is 21.8. The molecule has 1 unspecified atom stereocenters. The molecule has 0 spiro atoms. The molecule has 0 bridgehead atoms. The van der Waals surface area contributed by atoms with Crippen molar-refractivity contribution in [3.8, 4) is 39.1 Å². The summed E-state index contributed by atoms with van der Waals surface area (Å²) >= 11 is 0. The summed E-state index contributed by atoms with van der Waals surface area (Å²) < 4.78 is 2.40. The third kappa shape index (κ3) is 3.87. The van der Waals surface area contributed by atoms with Crippen LogP contribution in [0.5, 0.6) is 0 Å². The van der Waals surface area contributed by atoms with Gasteiger partial charge in [0.15, 0.2) is 0 Å². The molecule has 0 amide bonds. The van der Waals surface area contributed by atoms with Gasteiger partial charge in [0.05, 0.1) is 11.0 Å². The van der Waals surface area contributed by atoms with Crippen molar-refractivity contribution in [1.29, 1.82) is 0 Å². The molecule has 1 aliphatic carbocycles. The van der Waals surface area contributed by atoms with E-state index in [9.17, 15) is 0 Å².